The summed E-state index contributed by atoms with van der Waals surface area (Å²) in [6.07, 6.45) is 0. The van der Waals surface area contributed by atoms with Crippen molar-refractivity contribution in [2.45, 2.75) is 19.3 Å². The van der Waals surface area contributed by atoms with Crippen LogP contribution in [0.15, 0.2) is 249 Å². The molecule has 0 radical (unpaired) electrons. The molecule has 0 N–H and O–H groups in total. The molecule has 0 unspecified atom stereocenters. The highest BCUT2D eigenvalue weighted by atomic mass is 15.2. The van der Waals surface area contributed by atoms with Crippen molar-refractivity contribution in [1.82, 2.24) is 0 Å². The van der Waals surface area contributed by atoms with Crippen LogP contribution in [0.5, 0.6) is 0 Å². The average molecular weight is 843 g/mol. The van der Waals surface area contributed by atoms with Crippen LogP contribution >= 0.6 is 0 Å². The molecule has 2 aliphatic heterocycles. The Bertz CT molecular complexity index is 3190. The second-order valence-corrected chi connectivity index (χ2v) is 18.1. The lowest BCUT2D eigenvalue weighted by Crippen LogP contribution is -2.61. The second-order valence-electron chi connectivity index (χ2n) is 18.1. The molecule has 0 amide bonds. The Kier molecular flexibility index (Phi) is 9.65. The van der Waals surface area contributed by atoms with Gasteiger partial charge >= 0.3 is 0 Å². The van der Waals surface area contributed by atoms with Crippen LogP contribution in [-0.2, 0) is 5.41 Å². The maximum Gasteiger partial charge on any atom is 0.252 e. The summed E-state index contributed by atoms with van der Waals surface area (Å²) in [5, 5.41) is 0. The van der Waals surface area contributed by atoms with Crippen molar-refractivity contribution in [2.75, 3.05) is 9.80 Å². The molecule has 312 valence electrons. The molecule has 2 heterocycles. The van der Waals surface area contributed by atoms with E-state index in [1.54, 1.807) is 0 Å². The third kappa shape index (κ3) is 6.75. The van der Waals surface area contributed by atoms with Crippen LogP contribution in [0.2, 0.25) is 0 Å². The topological polar surface area (TPSA) is 6.48 Å². The monoisotopic (exact) mass is 842 g/mol. The largest absolute Gasteiger partial charge is 0.311 e. The summed E-state index contributed by atoms with van der Waals surface area (Å²) in [4.78, 5) is 5.13. The number of hydrogen-bond donors (Lipinski definition) is 0. The average Bonchev–Trinajstić information content (AvgIpc) is 3.39. The molecule has 12 rings (SSSR count). The molecule has 0 atom stereocenters. The Hall–Kier alpha value is -8.14. The summed E-state index contributed by atoms with van der Waals surface area (Å²) in [5.41, 5.74) is 22.6. The summed E-state index contributed by atoms with van der Waals surface area (Å²) < 4.78 is 0. The molecule has 0 saturated heterocycles. The number of nitrogens with zero attached hydrogens (tertiary/aromatic N) is 2. The van der Waals surface area contributed by atoms with Crippen LogP contribution in [0.3, 0.4) is 0 Å². The molecular formula is C63H47BN2. The Labute approximate surface area is 388 Å². The first-order chi connectivity index (χ1) is 32.5. The molecule has 0 bridgehead atoms. The number of hydrogen-bond acceptors (Lipinski definition) is 2. The summed E-state index contributed by atoms with van der Waals surface area (Å²) >= 11 is 0. The molecule has 2 nitrogen and oxygen atoms in total. The quantitative estimate of drug-likeness (QED) is 0.141. The summed E-state index contributed by atoms with van der Waals surface area (Å²) in [7, 11) is 0. The molecule has 0 aromatic heterocycles. The Morgan fingerprint density at radius 2 is 0.636 bits per heavy atom. The molecule has 10 aromatic carbocycles. The van der Waals surface area contributed by atoms with Gasteiger partial charge in [0.25, 0.3) is 6.71 Å². The van der Waals surface area contributed by atoms with Crippen molar-refractivity contribution in [3.05, 3.63) is 260 Å². The molecule has 10 aromatic rings. The Balaban J connectivity index is 1.19. The SMILES string of the molecule is CC(C)(c1ccccc1)c1cc2c3c(c1)N(c1cccc(-c4ccccc4)c1)c1cc(-c4ccccc4)ccc1B3c1ccc(-c3ccccc3)cc1N2c1cccc(-c2ccccc2)c1. The van der Waals surface area contributed by atoms with Gasteiger partial charge in [0.2, 0.25) is 0 Å². The van der Waals surface area contributed by atoms with Crippen molar-refractivity contribution in [3.8, 4) is 44.5 Å². The highest BCUT2D eigenvalue weighted by Crippen LogP contribution is 2.49. The van der Waals surface area contributed by atoms with E-state index in [-0.39, 0.29) is 12.1 Å². The van der Waals surface area contributed by atoms with Gasteiger partial charge in [-0.25, -0.2) is 0 Å². The van der Waals surface area contributed by atoms with E-state index in [1.807, 2.05) is 0 Å². The molecule has 2 aliphatic rings. The fourth-order valence-corrected chi connectivity index (χ4v) is 10.5. The smallest absolute Gasteiger partial charge is 0.252 e. The standard InChI is InChI=1S/C63H47BN2/c1-63(2,52-30-16-7-17-31-52)53-42-60-62-61(43-53)66(55-33-19-29-49(39-55)45-22-10-4-11-23-45)59-41-51(47-26-14-6-15-27-47)35-37-57(59)64(62)56-36-34-50(46-24-12-5-13-25-46)40-58(56)65(60)54-32-18-28-48(38-54)44-20-8-3-9-21-44/h3-43H,1-2H3. The van der Waals surface area contributed by atoms with Gasteiger partial charge in [0.15, 0.2) is 0 Å². The Morgan fingerprint density at radius 1 is 0.288 bits per heavy atom. The number of rotatable bonds is 8. The normalized spacial score (nSPS) is 12.6. The lowest BCUT2D eigenvalue weighted by atomic mass is 9.33. The molecular weight excluding hydrogens is 796 g/mol. The predicted molar refractivity (Wildman–Crippen MR) is 281 cm³/mol. The Morgan fingerprint density at radius 3 is 1.03 bits per heavy atom. The van der Waals surface area contributed by atoms with E-state index in [9.17, 15) is 0 Å². The third-order valence-electron chi connectivity index (χ3n) is 13.9. The molecule has 0 spiro atoms. The van der Waals surface area contributed by atoms with Crippen LogP contribution in [0, 0.1) is 0 Å². The fraction of sp³-hybridized carbons (Fsp3) is 0.0476. The van der Waals surface area contributed by atoms with Gasteiger partial charge in [-0.05, 0) is 121 Å². The number of benzene rings is 10. The molecule has 0 aliphatic carbocycles. The zero-order valence-electron chi connectivity index (χ0n) is 37.1. The summed E-state index contributed by atoms with van der Waals surface area (Å²) in [5.74, 6) is 0. The minimum absolute atomic E-state index is 0.0364. The van der Waals surface area contributed by atoms with Crippen LogP contribution in [0.25, 0.3) is 44.5 Å². The van der Waals surface area contributed by atoms with Crippen molar-refractivity contribution in [1.29, 1.82) is 0 Å². The maximum atomic E-state index is 2.57. The lowest BCUT2D eigenvalue weighted by molar-refractivity contribution is 0.641. The van der Waals surface area contributed by atoms with Gasteiger partial charge < -0.3 is 9.80 Å². The van der Waals surface area contributed by atoms with Gasteiger partial charge in [0, 0.05) is 39.5 Å². The van der Waals surface area contributed by atoms with Gasteiger partial charge in [-0.3, -0.25) is 0 Å². The van der Waals surface area contributed by atoms with Crippen molar-refractivity contribution in [3.63, 3.8) is 0 Å². The van der Waals surface area contributed by atoms with Crippen LogP contribution in [0.4, 0.5) is 34.1 Å². The van der Waals surface area contributed by atoms with E-state index >= 15 is 0 Å². The van der Waals surface area contributed by atoms with E-state index < -0.39 is 0 Å². The van der Waals surface area contributed by atoms with Crippen molar-refractivity contribution < 1.29 is 0 Å². The van der Waals surface area contributed by atoms with Crippen LogP contribution < -0.4 is 26.2 Å². The lowest BCUT2D eigenvalue weighted by Gasteiger charge is -2.45. The summed E-state index contributed by atoms with van der Waals surface area (Å²) in [6.45, 7) is 4.72. The number of anilines is 6. The zero-order valence-corrected chi connectivity index (χ0v) is 37.1. The van der Waals surface area contributed by atoms with Crippen molar-refractivity contribution >= 4 is 57.2 Å². The van der Waals surface area contributed by atoms with Gasteiger partial charge in [-0.15, -0.1) is 0 Å². The predicted octanol–water partition coefficient (Wildman–Crippen LogP) is 14.8. The first-order valence-corrected chi connectivity index (χ1v) is 23.0. The fourth-order valence-electron chi connectivity index (χ4n) is 10.5. The van der Waals surface area contributed by atoms with Crippen LogP contribution in [0.1, 0.15) is 25.0 Å². The van der Waals surface area contributed by atoms with Crippen LogP contribution in [-0.4, -0.2) is 6.71 Å². The third-order valence-corrected chi connectivity index (χ3v) is 13.9. The van der Waals surface area contributed by atoms with Crippen molar-refractivity contribution in [2.24, 2.45) is 0 Å². The van der Waals surface area contributed by atoms with E-state index in [1.165, 1.54) is 94.8 Å². The van der Waals surface area contributed by atoms with Gasteiger partial charge in [-0.1, -0.05) is 214 Å². The highest BCUT2D eigenvalue weighted by molar-refractivity contribution is 7.00. The van der Waals surface area contributed by atoms with E-state index in [4.69, 9.17) is 0 Å². The van der Waals surface area contributed by atoms with Gasteiger partial charge in [0.05, 0.1) is 0 Å². The van der Waals surface area contributed by atoms with E-state index in [0.717, 1.165) is 11.4 Å². The maximum absolute atomic E-state index is 2.57. The van der Waals surface area contributed by atoms with E-state index in [2.05, 4.69) is 272 Å². The van der Waals surface area contributed by atoms with Gasteiger partial charge in [-0.2, -0.15) is 0 Å². The molecule has 0 saturated carbocycles. The first-order valence-electron chi connectivity index (χ1n) is 23.0. The minimum atomic E-state index is -0.338. The van der Waals surface area contributed by atoms with Gasteiger partial charge in [0.1, 0.15) is 0 Å². The summed E-state index contributed by atoms with van der Waals surface area (Å²) in [6, 6.07) is 91.8. The van der Waals surface area contributed by atoms with E-state index in [0.29, 0.717) is 0 Å². The first kappa shape index (κ1) is 39.5. The molecule has 3 heteroatoms. The zero-order chi connectivity index (χ0) is 44.2. The number of fused-ring (bicyclic) bond motifs is 4. The highest BCUT2D eigenvalue weighted by Gasteiger charge is 2.45. The molecule has 0 fully saturated rings. The minimum Gasteiger partial charge on any atom is -0.311 e. The molecule has 66 heavy (non-hydrogen) atoms. The second kappa shape index (κ2) is 16.1.